The average Bonchev–Trinajstić information content (AvgIpc) is 2.25. The van der Waals surface area contributed by atoms with Gasteiger partial charge in [-0.3, -0.25) is 4.79 Å². The highest BCUT2D eigenvalue weighted by molar-refractivity contribution is 5.84. The SMILES string of the molecule is C[C@@H]1CN([C@@H](C)c2ccccc2)C1=O. The van der Waals surface area contributed by atoms with Crippen molar-refractivity contribution in [2.45, 2.75) is 19.9 Å². The first-order valence-corrected chi connectivity index (χ1v) is 5.05. The summed E-state index contributed by atoms with van der Waals surface area (Å²) in [4.78, 5) is 13.4. The van der Waals surface area contributed by atoms with Gasteiger partial charge >= 0.3 is 0 Å². The van der Waals surface area contributed by atoms with Gasteiger partial charge in [-0.05, 0) is 12.5 Å². The van der Waals surface area contributed by atoms with Crippen molar-refractivity contribution < 1.29 is 4.79 Å². The molecule has 1 heterocycles. The van der Waals surface area contributed by atoms with Gasteiger partial charge in [0.1, 0.15) is 0 Å². The fourth-order valence-electron chi connectivity index (χ4n) is 1.89. The number of hydrogen-bond donors (Lipinski definition) is 0. The van der Waals surface area contributed by atoms with E-state index in [1.165, 1.54) is 5.56 Å². The van der Waals surface area contributed by atoms with E-state index in [0.29, 0.717) is 0 Å². The lowest BCUT2D eigenvalue weighted by molar-refractivity contribution is -0.150. The van der Waals surface area contributed by atoms with Gasteiger partial charge in [0.15, 0.2) is 0 Å². The Morgan fingerprint density at radius 1 is 1.36 bits per heavy atom. The summed E-state index contributed by atoms with van der Waals surface area (Å²) in [5, 5.41) is 0. The number of nitrogens with zero attached hydrogens (tertiary/aromatic N) is 1. The smallest absolute Gasteiger partial charge is 0.227 e. The second-order valence-corrected chi connectivity index (χ2v) is 3.98. The number of carbonyl (C=O) groups excluding carboxylic acids is 1. The number of β-lactam (4-membered cyclic amide) rings is 1. The maximum atomic E-state index is 11.5. The zero-order valence-electron chi connectivity index (χ0n) is 8.60. The topological polar surface area (TPSA) is 20.3 Å². The van der Waals surface area contributed by atoms with Crippen LogP contribution in [0.2, 0.25) is 0 Å². The van der Waals surface area contributed by atoms with Gasteiger partial charge < -0.3 is 4.90 Å². The molecule has 2 atom stereocenters. The Morgan fingerprint density at radius 2 is 2.00 bits per heavy atom. The fraction of sp³-hybridized carbons (Fsp3) is 0.417. The summed E-state index contributed by atoms with van der Waals surface area (Å²) in [7, 11) is 0. The molecule has 2 nitrogen and oxygen atoms in total. The molecule has 0 radical (unpaired) electrons. The third-order valence-electron chi connectivity index (χ3n) is 2.92. The molecule has 0 N–H and O–H groups in total. The van der Waals surface area contributed by atoms with Gasteiger partial charge in [0.05, 0.1) is 12.0 Å². The molecule has 0 aliphatic carbocycles. The van der Waals surface area contributed by atoms with E-state index in [4.69, 9.17) is 0 Å². The molecular formula is C12H15NO. The second kappa shape index (κ2) is 3.45. The van der Waals surface area contributed by atoms with Crippen LogP contribution in [0, 0.1) is 5.92 Å². The first-order chi connectivity index (χ1) is 6.70. The van der Waals surface area contributed by atoms with Gasteiger partial charge in [0, 0.05) is 6.54 Å². The van der Waals surface area contributed by atoms with Crippen molar-refractivity contribution in [2.24, 2.45) is 5.92 Å². The van der Waals surface area contributed by atoms with E-state index in [0.717, 1.165) is 6.54 Å². The van der Waals surface area contributed by atoms with Crippen molar-refractivity contribution in [1.82, 2.24) is 4.90 Å². The number of carbonyl (C=O) groups is 1. The van der Waals surface area contributed by atoms with E-state index >= 15 is 0 Å². The Bertz CT molecular complexity index is 333. The Morgan fingerprint density at radius 3 is 2.50 bits per heavy atom. The van der Waals surface area contributed by atoms with Gasteiger partial charge in [-0.15, -0.1) is 0 Å². The maximum Gasteiger partial charge on any atom is 0.227 e. The van der Waals surface area contributed by atoms with Crippen molar-refractivity contribution >= 4 is 5.91 Å². The molecule has 1 fully saturated rings. The molecule has 0 saturated carbocycles. The number of benzene rings is 1. The largest absolute Gasteiger partial charge is 0.335 e. The minimum Gasteiger partial charge on any atom is -0.335 e. The highest BCUT2D eigenvalue weighted by Gasteiger charge is 2.36. The molecular weight excluding hydrogens is 174 g/mol. The molecule has 0 aromatic heterocycles. The predicted molar refractivity (Wildman–Crippen MR) is 55.7 cm³/mol. The molecule has 1 aromatic rings. The van der Waals surface area contributed by atoms with Crippen molar-refractivity contribution in [1.29, 1.82) is 0 Å². The molecule has 0 bridgehead atoms. The molecule has 0 unspecified atom stereocenters. The third kappa shape index (κ3) is 1.41. The average molecular weight is 189 g/mol. The van der Waals surface area contributed by atoms with Crippen molar-refractivity contribution in [3.63, 3.8) is 0 Å². The van der Waals surface area contributed by atoms with E-state index in [2.05, 4.69) is 19.1 Å². The summed E-state index contributed by atoms with van der Waals surface area (Å²) in [5.41, 5.74) is 1.22. The van der Waals surface area contributed by atoms with Crippen LogP contribution in [0.3, 0.4) is 0 Å². The van der Waals surface area contributed by atoms with Crippen molar-refractivity contribution in [3.8, 4) is 0 Å². The summed E-state index contributed by atoms with van der Waals surface area (Å²) in [6, 6.07) is 10.4. The van der Waals surface area contributed by atoms with E-state index in [1.807, 2.05) is 30.0 Å². The van der Waals surface area contributed by atoms with Crippen LogP contribution in [0.4, 0.5) is 0 Å². The second-order valence-electron chi connectivity index (χ2n) is 3.98. The summed E-state index contributed by atoms with van der Waals surface area (Å²) in [6.07, 6.45) is 0. The van der Waals surface area contributed by atoms with Crippen LogP contribution in [0.1, 0.15) is 25.5 Å². The van der Waals surface area contributed by atoms with Crippen LogP contribution in [0.15, 0.2) is 30.3 Å². The van der Waals surface area contributed by atoms with Crippen LogP contribution < -0.4 is 0 Å². The summed E-state index contributed by atoms with van der Waals surface area (Å²) in [6.45, 7) is 4.96. The van der Waals surface area contributed by atoms with Crippen LogP contribution in [-0.2, 0) is 4.79 Å². The van der Waals surface area contributed by atoms with Crippen molar-refractivity contribution in [2.75, 3.05) is 6.54 Å². The lowest BCUT2D eigenvalue weighted by atomic mass is 9.96. The van der Waals surface area contributed by atoms with E-state index in [1.54, 1.807) is 0 Å². The van der Waals surface area contributed by atoms with Gasteiger partial charge in [0.25, 0.3) is 0 Å². The standard InChI is InChI=1S/C12H15NO/c1-9-8-13(12(9)14)10(2)11-6-4-3-5-7-11/h3-7,9-10H,8H2,1-2H3/t9-,10+/m1/s1. The van der Waals surface area contributed by atoms with Gasteiger partial charge in [-0.2, -0.15) is 0 Å². The monoisotopic (exact) mass is 189 g/mol. The Balaban J connectivity index is 2.10. The van der Waals surface area contributed by atoms with Crippen LogP contribution in [0.25, 0.3) is 0 Å². The molecule has 1 amide bonds. The van der Waals surface area contributed by atoms with Gasteiger partial charge in [0.2, 0.25) is 5.91 Å². The summed E-state index contributed by atoms with van der Waals surface area (Å²) in [5.74, 6) is 0.502. The summed E-state index contributed by atoms with van der Waals surface area (Å²) < 4.78 is 0. The Kier molecular flexibility index (Phi) is 2.28. The quantitative estimate of drug-likeness (QED) is 0.653. The molecule has 1 saturated heterocycles. The zero-order valence-corrected chi connectivity index (χ0v) is 8.60. The fourth-order valence-corrected chi connectivity index (χ4v) is 1.89. The number of likely N-dealkylation sites (tertiary alicyclic amines) is 1. The lowest BCUT2D eigenvalue weighted by Crippen LogP contribution is -2.51. The molecule has 74 valence electrons. The highest BCUT2D eigenvalue weighted by Crippen LogP contribution is 2.28. The third-order valence-corrected chi connectivity index (χ3v) is 2.92. The normalized spacial score (nSPS) is 23.1. The minimum absolute atomic E-state index is 0.222. The number of hydrogen-bond acceptors (Lipinski definition) is 1. The van der Waals surface area contributed by atoms with Crippen LogP contribution >= 0.6 is 0 Å². The van der Waals surface area contributed by atoms with Gasteiger partial charge in [-0.25, -0.2) is 0 Å². The molecule has 2 heteroatoms. The first-order valence-electron chi connectivity index (χ1n) is 5.05. The van der Waals surface area contributed by atoms with Gasteiger partial charge in [-0.1, -0.05) is 37.3 Å². The van der Waals surface area contributed by atoms with Crippen LogP contribution in [0.5, 0.6) is 0 Å². The minimum atomic E-state index is 0.222. The first kappa shape index (κ1) is 9.25. The van der Waals surface area contributed by atoms with Crippen molar-refractivity contribution in [3.05, 3.63) is 35.9 Å². The Labute approximate surface area is 84.5 Å². The number of rotatable bonds is 2. The molecule has 1 aliphatic rings. The van der Waals surface area contributed by atoms with E-state index in [-0.39, 0.29) is 17.9 Å². The maximum absolute atomic E-state index is 11.5. The molecule has 14 heavy (non-hydrogen) atoms. The zero-order chi connectivity index (χ0) is 10.1. The van der Waals surface area contributed by atoms with E-state index in [9.17, 15) is 4.79 Å². The van der Waals surface area contributed by atoms with Crippen LogP contribution in [-0.4, -0.2) is 17.4 Å². The molecule has 1 aromatic carbocycles. The molecule has 1 aliphatic heterocycles. The summed E-state index contributed by atoms with van der Waals surface area (Å²) >= 11 is 0. The Hall–Kier alpha value is -1.31. The number of amides is 1. The van der Waals surface area contributed by atoms with E-state index < -0.39 is 0 Å². The molecule has 2 rings (SSSR count). The lowest BCUT2D eigenvalue weighted by Gasteiger charge is -2.41. The highest BCUT2D eigenvalue weighted by atomic mass is 16.2. The predicted octanol–water partition coefficient (Wildman–Crippen LogP) is 2.23. The molecule has 0 spiro atoms.